The van der Waals surface area contributed by atoms with Crippen molar-refractivity contribution in [2.24, 2.45) is 0 Å². The van der Waals surface area contributed by atoms with Crippen molar-refractivity contribution in [3.63, 3.8) is 0 Å². The molecule has 142 valence electrons. The van der Waals surface area contributed by atoms with E-state index in [2.05, 4.69) is 5.32 Å². The van der Waals surface area contributed by atoms with Gasteiger partial charge in [0.25, 0.3) is 0 Å². The van der Waals surface area contributed by atoms with Gasteiger partial charge in [0.05, 0.1) is 11.0 Å². The number of benzene rings is 2. The van der Waals surface area contributed by atoms with Gasteiger partial charge in [-0.15, -0.1) is 0 Å². The van der Waals surface area contributed by atoms with E-state index in [1.165, 1.54) is 6.07 Å². The number of hydrogen-bond donors (Lipinski definition) is 2. The van der Waals surface area contributed by atoms with E-state index in [1.54, 1.807) is 19.1 Å². The molecule has 2 aromatic carbocycles. The summed E-state index contributed by atoms with van der Waals surface area (Å²) in [6, 6.07) is 10.6. The van der Waals surface area contributed by atoms with Crippen LogP contribution in [0.2, 0.25) is 5.02 Å². The van der Waals surface area contributed by atoms with Crippen LogP contribution < -0.4 is 5.32 Å². The van der Waals surface area contributed by atoms with E-state index < -0.39 is 11.4 Å². The monoisotopic (exact) mass is 387 g/mol. The Labute approximate surface area is 163 Å². The normalized spacial score (nSPS) is 16.0. The molecule has 0 radical (unpaired) electrons. The number of carboxylic acid groups (broad SMARTS) is 1. The van der Waals surface area contributed by atoms with Crippen molar-refractivity contribution in [3.8, 4) is 0 Å². The fraction of sp³-hybridized carbons (Fsp3) is 0.333. The number of ether oxygens (including phenoxy) is 1. The molecule has 0 spiro atoms. The largest absolute Gasteiger partial charge is 0.478 e. The molecule has 0 saturated carbocycles. The molecular formula is C21H22ClNO4. The average Bonchev–Trinajstić information content (AvgIpc) is 2.64. The molecule has 3 rings (SSSR count). The van der Waals surface area contributed by atoms with Crippen LogP contribution in [0.3, 0.4) is 0 Å². The fourth-order valence-corrected chi connectivity index (χ4v) is 3.80. The molecule has 2 N–H and O–H groups in total. The van der Waals surface area contributed by atoms with Crippen molar-refractivity contribution in [3.05, 3.63) is 63.7 Å². The lowest BCUT2D eigenvalue weighted by Gasteiger charge is -2.36. The first kappa shape index (κ1) is 19.4. The van der Waals surface area contributed by atoms with Crippen LogP contribution in [-0.4, -0.2) is 30.2 Å². The van der Waals surface area contributed by atoms with E-state index in [0.29, 0.717) is 42.3 Å². The quantitative estimate of drug-likeness (QED) is 0.818. The first-order valence-electron chi connectivity index (χ1n) is 8.83. The summed E-state index contributed by atoms with van der Waals surface area (Å²) >= 11 is 6.16. The zero-order chi connectivity index (χ0) is 19.6. The number of nitrogens with one attached hydrogen (secondary N) is 1. The number of carbonyl (C=O) groups excluding carboxylic acids is 1. The van der Waals surface area contributed by atoms with E-state index in [0.717, 1.165) is 11.1 Å². The van der Waals surface area contributed by atoms with Crippen LogP contribution in [0.25, 0.3) is 0 Å². The Morgan fingerprint density at radius 1 is 1.11 bits per heavy atom. The summed E-state index contributed by atoms with van der Waals surface area (Å²) in [6.45, 7) is 4.55. The summed E-state index contributed by atoms with van der Waals surface area (Å²) in [5, 5.41) is 12.9. The molecule has 1 aliphatic heterocycles. The summed E-state index contributed by atoms with van der Waals surface area (Å²) < 4.78 is 5.48. The van der Waals surface area contributed by atoms with Gasteiger partial charge in [0.15, 0.2) is 0 Å². The lowest BCUT2D eigenvalue weighted by atomic mass is 9.73. The molecule has 0 aromatic heterocycles. The third-order valence-corrected chi connectivity index (χ3v) is 5.44. The second kappa shape index (κ2) is 7.71. The summed E-state index contributed by atoms with van der Waals surface area (Å²) in [5.41, 5.74) is 2.26. The third kappa shape index (κ3) is 3.84. The Hall–Kier alpha value is -2.37. The van der Waals surface area contributed by atoms with Gasteiger partial charge >= 0.3 is 5.97 Å². The maximum absolute atomic E-state index is 13.4. The molecule has 5 nitrogen and oxygen atoms in total. The van der Waals surface area contributed by atoms with Crippen molar-refractivity contribution in [1.29, 1.82) is 0 Å². The van der Waals surface area contributed by atoms with Crippen molar-refractivity contribution in [2.45, 2.75) is 32.1 Å². The smallest absolute Gasteiger partial charge is 0.336 e. The summed E-state index contributed by atoms with van der Waals surface area (Å²) in [4.78, 5) is 24.8. The minimum Gasteiger partial charge on any atom is -0.478 e. The van der Waals surface area contributed by atoms with Gasteiger partial charge in [0.2, 0.25) is 5.91 Å². The molecule has 27 heavy (non-hydrogen) atoms. The van der Waals surface area contributed by atoms with Crippen LogP contribution in [0.5, 0.6) is 0 Å². The molecule has 2 aromatic rings. The standard InChI is InChI=1S/C21H22ClNO4/c1-13-10-14(2)18(12-17(13)19(24)25)23-20(26)21(6-8-27-9-7-21)15-4-3-5-16(22)11-15/h3-5,10-12H,6-9H2,1-2H3,(H,23,26)(H,24,25). The predicted molar refractivity (Wildman–Crippen MR) is 105 cm³/mol. The maximum Gasteiger partial charge on any atom is 0.336 e. The minimum atomic E-state index is -1.02. The highest BCUT2D eigenvalue weighted by molar-refractivity contribution is 6.30. The highest BCUT2D eigenvalue weighted by atomic mass is 35.5. The van der Waals surface area contributed by atoms with Gasteiger partial charge in [-0.05, 0) is 61.6 Å². The molecular weight excluding hydrogens is 366 g/mol. The van der Waals surface area contributed by atoms with E-state index >= 15 is 0 Å². The molecule has 0 unspecified atom stereocenters. The van der Waals surface area contributed by atoms with Gasteiger partial charge in [-0.25, -0.2) is 4.79 Å². The zero-order valence-electron chi connectivity index (χ0n) is 15.3. The van der Waals surface area contributed by atoms with Crippen LogP contribution in [0.4, 0.5) is 5.69 Å². The molecule has 0 aliphatic carbocycles. The number of aromatic carboxylic acids is 1. The topological polar surface area (TPSA) is 75.6 Å². The highest BCUT2D eigenvalue weighted by Gasteiger charge is 2.42. The van der Waals surface area contributed by atoms with Crippen LogP contribution in [0.1, 0.15) is 39.9 Å². The Balaban J connectivity index is 1.99. The lowest BCUT2D eigenvalue weighted by molar-refractivity contribution is -0.125. The van der Waals surface area contributed by atoms with E-state index in [1.807, 2.05) is 25.1 Å². The Kier molecular flexibility index (Phi) is 5.53. The maximum atomic E-state index is 13.4. The molecule has 0 atom stereocenters. The van der Waals surface area contributed by atoms with Crippen molar-refractivity contribution < 1.29 is 19.4 Å². The van der Waals surface area contributed by atoms with Crippen LogP contribution in [0.15, 0.2) is 36.4 Å². The molecule has 1 saturated heterocycles. The zero-order valence-corrected chi connectivity index (χ0v) is 16.1. The number of amides is 1. The summed E-state index contributed by atoms with van der Waals surface area (Å²) in [5.74, 6) is -1.19. The van der Waals surface area contributed by atoms with Gasteiger partial charge in [0, 0.05) is 23.9 Å². The first-order chi connectivity index (χ1) is 12.8. The number of hydrogen-bond acceptors (Lipinski definition) is 3. The number of carbonyl (C=O) groups is 2. The second-order valence-electron chi connectivity index (χ2n) is 6.95. The van der Waals surface area contributed by atoms with Gasteiger partial charge < -0.3 is 15.2 Å². The molecule has 1 heterocycles. The lowest BCUT2D eigenvalue weighted by Crippen LogP contribution is -2.45. The molecule has 0 bridgehead atoms. The third-order valence-electron chi connectivity index (χ3n) is 5.21. The van der Waals surface area contributed by atoms with Gasteiger partial charge in [-0.1, -0.05) is 29.8 Å². The molecule has 1 aliphatic rings. The van der Waals surface area contributed by atoms with Crippen LogP contribution in [-0.2, 0) is 14.9 Å². The number of anilines is 1. The number of rotatable bonds is 4. The molecule has 1 fully saturated rings. The molecule has 6 heteroatoms. The van der Waals surface area contributed by atoms with Crippen LogP contribution >= 0.6 is 11.6 Å². The Morgan fingerprint density at radius 3 is 2.44 bits per heavy atom. The van der Waals surface area contributed by atoms with Gasteiger partial charge in [-0.2, -0.15) is 0 Å². The van der Waals surface area contributed by atoms with Crippen molar-refractivity contribution in [2.75, 3.05) is 18.5 Å². The summed E-state index contributed by atoms with van der Waals surface area (Å²) in [6.07, 6.45) is 1.08. The van der Waals surface area contributed by atoms with Gasteiger partial charge in [0.1, 0.15) is 0 Å². The number of halogens is 1. The average molecular weight is 388 g/mol. The first-order valence-corrected chi connectivity index (χ1v) is 9.21. The van der Waals surface area contributed by atoms with Crippen LogP contribution in [0, 0.1) is 13.8 Å². The molecule has 1 amide bonds. The van der Waals surface area contributed by atoms with Crippen molar-refractivity contribution >= 4 is 29.2 Å². The number of aryl methyl sites for hydroxylation is 2. The SMILES string of the molecule is Cc1cc(C)c(C(=O)O)cc1NC(=O)C1(c2cccc(Cl)c2)CCOCC1. The number of carboxylic acids is 1. The Morgan fingerprint density at radius 2 is 1.81 bits per heavy atom. The van der Waals surface area contributed by atoms with E-state index in [-0.39, 0.29) is 11.5 Å². The fourth-order valence-electron chi connectivity index (χ4n) is 3.61. The second-order valence-corrected chi connectivity index (χ2v) is 7.38. The predicted octanol–water partition coefficient (Wildman–Crippen LogP) is 4.34. The Bertz CT molecular complexity index is 888. The van der Waals surface area contributed by atoms with E-state index in [9.17, 15) is 14.7 Å². The minimum absolute atomic E-state index is 0.170. The summed E-state index contributed by atoms with van der Waals surface area (Å²) in [7, 11) is 0. The van der Waals surface area contributed by atoms with Crippen molar-refractivity contribution in [1.82, 2.24) is 0 Å². The highest BCUT2D eigenvalue weighted by Crippen LogP contribution is 2.37. The van der Waals surface area contributed by atoms with E-state index in [4.69, 9.17) is 16.3 Å². The van der Waals surface area contributed by atoms with Gasteiger partial charge in [-0.3, -0.25) is 4.79 Å².